The third-order valence-corrected chi connectivity index (χ3v) is 4.79. The quantitative estimate of drug-likeness (QED) is 0.406. The van der Waals surface area contributed by atoms with Gasteiger partial charge in [-0.1, -0.05) is 47.7 Å². The van der Waals surface area contributed by atoms with Crippen molar-refractivity contribution in [1.82, 2.24) is 14.1 Å². The molecule has 23 heavy (non-hydrogen) atoms. The summed E-state index contributed by atoms with van der Waals surface area (Å²) in [5, 5.41) is 0. The summed E-state index contributed by atoms with van der Waals surface area (Å²) in [6.07, 6.45) is 3.10. The van der Waals surface area contributed by atoms with Crippen LogP contribution in [0.25, 0.3) is 10.3 Å². The molecule has 0 N–H and O–H groups in total. The second-order valence-electron chi connectivity index (χ2n) is 4.89. The van der Waals surface area contributed by atoms with E-state index in [1.165, 1.54) is 22.2 Å². The Kier molecular flexibility index (Phi) is 4.31. The van der Waals surface area contributed by atoms with E-state index in [1.807, 2.05) is 6.07 Å². The van der Waals surface area contributed by atoms with E-state index < -0.39 is 0 Å². The summed E-state index contributed by atoms with van der Waals surface area (Å²) in [4.78, 5) is 29.1. The Morgan fingerprint density at radius 2 is 2.09 bits per heavy atom. The van der Waals surface area contributed by atoms with E-state index in [4.69, 9.17) is 12.2 Å². The molecule has 7 heteroatoms. The zero-order valence-electron chi connectivity index (χ0n) is 12.1. The average Bonchev–Trinajstić information content (AvgIpc) is 2.88. The zero-order valence-corrected chi connectivity index (χ0v) is 13.8. The number of aromatic nitrogens is 3. The lowest BCUT2D eigenvalue weighted by Gasteiger charge is -2.05. The van der Waals surface area contributed by atoms with E-state index in [2.05, 4.69) is 11.6 Å². The molecule has 2 heterocycles. The lowest BCUT2D eigenvalue weighted by molar-refractivity contribution is 0.0970. The van der Waals surface area contributed by atoms with Crippen LogP contribution in [-0.4, -0.2) is 19.9 Å². The van der Waals surface area contributed by atoms with Crippen LogP contribution in [0.2, 0.25) is 0 Å². The summed E-state index contributed by atoms with van der Waals surface area (Å²) < 4.78 is 4.10. The van der Waals surface area contributed by atoms with Gasteiger partial charge in [-0.05, 0) is 12.2 Å². The SMILES string of the molecule is C=CCn1c(=S)sc2c(=O)n(CC(=O)c3ccccc3)cnc21. The second-order valence-corrected chi connectivity index (χ2v) is 6.53. The Morgan fingerprint density at radius 3 is 2.78 bits per heavy atom. The maximum atomic E-state index is 12.6. The number of hydrogen-bond donors (Lipinski definition) is 0. The molecular weight excluding hydrogens is 330 g/mol. The van der Waals surface area contributed by atoms with Gasteiger partial charge >= 0.3 is 0 Å². The van der Waals surface area contributed by atoms with Crippen molar-refractivity contribution in [2.75, 3.05) is 0 Å². The largest absolute Gasteiger partial charge is 0.304 e. The number of thiazole rings is 1. The molecule has 0 aliphatic carbocycles. The summed E-state index contributed by atoms with van der Waals surface area (Å²) >= 11 is 6.47. The van der Waals surface area contributed by atoms with Gasteiger partial charge in [0.25, 0.3) is 5.56 Å². The standard InChI is InChI=1S/C16H13N3O2S2/c1-2-8-19-14-13(23-16(19)22)15(21)18(10-17-14)9-12(20)11-6-4-3-5-7-11/h2-7,10H,1,8-9H2. The third-order valence-electron chi connectivity index (χ3n) is 3.36. The minimum Gasteiger partial charge on any atom is -0.304 e. The first kappa shape index (κ1) is 15.5. The molecule has 0 bridgehead atoms. The lowest BCUT2D eigenvalue weighted by atomic mass is 10.1. The van der Waals surface area contributed by atoms with Crippen molar-refractivity contribution in [3.8, 4) is 0 Å². The van der Waals surface area contributed by atoms with E-state index in [0.717, 1.165) is 0 Å². The van der Waals surface area contributed by atoms with Crippen LogP contribution in [-0.2, 0) is 13.1 Å². The van der Waals surface area contributed by atoms with E-state index in [0.29, 0.717) is 26.4 Å². The number of carbonyl (C=O) groups excluding carboxylic acids is 1. The predicted octanol–water partition coefficient (Wildman–Crippen LogP) is 3.06. The zero-order chi connectivity index (χ0) is 16.4. The highest BCUT2D eigenvalue weighted by molar-refractivity contribution is 7.73. The number of nitrogens with zero attached hydrogens (tertiary/aromatic N) is 3. The molecule has 5 nitrogen and oxygen atoms in total. The maximum Gasteiger partial charge on any atom is 0.273 e. The molecule has 0 saturated heterocycles. The number of rotatable bonds is 5. The summed E-state index contributed by atoms with van der Waals surface area (Å²) in [7, 11) is 0. The highest BCUT2D eigenvalue weighted by atomic mass is 32.1. The van der Waals surface area contributed by atoms with Crippen molar-refractivity contribution >= 4 is 39.7 Å². The molecule has 0 aliphatic heterocycles. The number of ketones is 1. The van der Waals surface area contributed by atoms with Gasteiger partial charge in [0.15, 0.2) is 15.4 Å². The molecule has 3 aromatic rings. The molecule has 116 valence electrons. The van der Waals surface area contributed by atoms with Gasteiger partial charge in [0.05, 0.1) is 6.54 Å². The Labute approximate surface area is 141 Å². The summed E-state index contributed by atoms with van der Waals surface area (Å²) in [6.45, 7) is 4.13. The van der Waals surface area contributed by atoms with Crippen LogP contribution >= 0.6 is 23.6 Å². The number of hydrogen-bond acceptors (Lipinski definition) is 5. The van der Waals surface area contributed by atoms with Gasteiger partial charge < -0.3 is 4.57 Å². The van der Waals surface area contributed by atoms with Crippen LogP contribution < -0.4 is 5.56 Å². The van der Waals surface area contributed by atoms with Gasteiger partial charge in [0.1, 0.15) is 11.0 Å². The molecule has 0 unspecified atom stereocenters. The molecule has 0 saturated carbocycles. The minimum absolute atomic E-state index is 0.0437. The number of Topliss-reactive ketones (excluding diaryl/α,β-unsaturated/α-hetero) is 1. The highest BCUT2D eigenvalue weighted by Gasteiger charge is 2.13. The minimum atomic E-state index is -0.252. The van der Waals surface area contributed by atoms with Crippen LogP contribution in [0.5, 0.6) is 0 Å². The first-order valence-corrected chi connectivity index (χ1v) is 8.12. The molecule has 3 rings (SSSR count). The Balaban J connectivity index is 2.02. The molecule has 1 aromatic carbocycles. The smallest absolute Gasteiger partial charge is 0.273 e. The number of carbonyl (C=O) groups is 1. The van der Waals surface area contributed by atoms with Gasteiger partial charge in [-0.3, -0.25) is 14.2 Å². The van der Waals surface area contributed by atoms with Crippen molar-refractivity contribution in [2.45, 2.75) is 13.1 Å². The van der Waals surface area contributed by atoms with Crippen LogP contribution in [0, 0.1) is 3.95 Å². The van der Waals surface area contributed by atoms with E-state index in [9.17, 15) is 9.59 Å². The summed E-state index contributed by atoms with van der Waals surface area (Å²) in [6, 6.07) is 8.87. The normalized spacial score (nSPS) is 10.8. The fraction of sp³-hybridized carbons (Fsp3) is 0.125. The van der Waals surface area contributed by atoms with E-state index in [-0.39, 0.29) is 17.9 Å². The average molecular weight is 343 g/mol. The van der Waals surface area contributed by atoms with Gasteiger partial charge in [-0.15, -0.1) is 6.58 Å². The maximum absolute atomic E-state index is 12.6. The van der Waals surface area contributed by atoms with Crippen molar-refractivity contribution in [2.24, 2.45) is 0 Å². The Bertz CT molecular complexity index is 1000. The predicted molar refractivity (Wildman–Crippen MR) is 93.7 cm³/mol. The number of benzene rings is 1. The molecule has 0 radical (unpaired) electrons. The Morgan fingerprint density at radius 1 is 1.35 bits per heavy atom. The van der Waals surface area contributed by atoms with Crippen LogP contribution in [0.4, 0.5) is 0 Å². The molecule has 0 atom stereocenters. The summed E-state index contributed by atoms with van der Waals surface area (Å²) in [5.41, 5.74) is 0.850. The van der Waals surface area contributed by atoms with Crippen LogP contribution in [0.1, 0.15) is 10.4 Å². The molecule has 2 aromatic heterocycles. The van der Waals surface area contributed by atoms with Crippen molar-refractivity contribution in [3.05, 3.63) is 69.2 Å². The second kappa shape index (κ2) is 6.39. The molecule has 0 fully saturated rings. The van der Waals surface area contributed by atoms with Gasteiger partial charge in [0, 0.05) is 12.1 Å². The third kappa shape index (κ3) is 2.93. The van der Waals surface area contributed by atoms with Crippen molar-refractivity contribution in [1.29, 1.82) is 0 Å². The summed E-state index contributed by atoms with van der Waals surface area (Å²) in [5.74, 6) is -0.136. The first-order valence-electron chi connectivity index (χ1n) is 6.89. The van der Waals surface area contributed by atoms with Crippen molar-refractivity contribution in [3.63, 3.8) is 0 Å². The van der Waals surface area contributed by atoms with Crippen LogP contribution in [0.15, 0.2) is 54.1 Å². The van der Waals surface area contributed by atoms with Crippen LogP contribution in [0.3, 0.4) is 0 Å². The van der Waals surface area contributed by atoms with E-state index in [1.54, 1.807) is 34.9 Å². The van der Waals surface area contributed by atoms with Crippen molar-refractivity contribution < 1.29 is 4.79 Å². The number of allylic oxidation sites excluding steroid dienone is 1. The monoisotopic (exact) mass is 343 g/mol. The lowest BCUT2D eigenvalue weighted by Crippen LogP contribution is -2.24. The fourth-order valence-corrected chi connectivity index (χ4v) is 3.56. The fourth-order valence-electron chi connectivity index (χ4n) is 2.24. The number of fused-ring (bicyclic) bond motifs is 1. The van der Waals surface area contributed by atoms with Gasteiger partial charge in [-0.2, -0.15) is 0 Å². The van der Waals surface area contributed by atoms with Gasteiger partial charge in [0.2, 0.25) is 0 Å². The topological polar surface area (TPSA) is 56.9 Å². The Hall–Kier alpha value is -2.38. The van der Waals surface area contributed by atoms with Gasteiger partial charge in [-0.25, -0.2) is 4.98 Å². The molecular formula is C16H13N3O2S2. The molecule has 0 aliphatic rings. The van der Waals surface area contributed by atoms with E-state index >= 15 is 0 Å². The highest BCUT2D eigenvalue weighted by Crippen LogP contribution is 2.17. The molecule has 0 amide bonds. The molecule has 0 spiro atoms. The first-order chi connectivity index (χ1) is 11.1.